The lowest BCUT2D eigenvalue weighted by Gasteiger charge is -2.23. The molecule has 4 N–H and O–H groups in total. The first-order valence-electron chi connectivity index (χ1n) is 13.1. The van der Waals surface area contributed by atoms with Crippen molar-refractivity contribution in [2.24, 2.45) is 5.73 Å². The zero-order valence-corrected chi connectivity index (χ0v) is 22.2. The smallest absolute Gasteiger partial charge is 0.239 e. The molecule has 0 radical (unpaired) electrons. The number of para-hydroxylation sites is 1. The minimum absolute atomic E-state index is 0.249. The van der Waals surface area contributed by atoms with Gasteiger partial charge in [0, 0.05) is 30.1 Å². The van der Waals surface area contributed by atoms with E-state index in [1.54, 1.807) is 26.0 Å². The molecule has 0 saturated carbocycles. The average Bonchev–Trinajstić information content (AvgIpc) is 3.53. The van der Waals surface area contributed by atoms with Crippen LogP contribution in [-0.2, 0) is 24.2 Å². The molecule has 1 amide bonds. The topological polar surface area (TPSA) is 102 Å². The summed E-state index contributed by atoms with van der Waals surface area (Å²) in [4.78, 5) is 16.1. The molecule has 0 saturated heterocycles. The molecule has 8 heteroatoms. The number of nitrogens with zero attached hydrogens (tertiary/aromatic N) is 3. The molecule has 0 fully saturated rings. The molecule has 5 rings (SSSR count). The van der Waals surface area contributed by atoms with E-state index in [1.165, 1.54) is 17.7 Å². The molecule has 2 heterocycles. The second-order valence-corrected chi connectivity index (χ2v) is 10.4. The first-order valence-corrected chi connectivity index (χ1v) is 13.1. The van der Waals surface area contributed by atoms with Gasteiger partial charge < -0.3 is 20.6 Å². The van der Waals surface area contributed by atoms with Crippen molar-refractivity contribution in [3.63, 3.8) is 0 Å². The lowest BCUT2D eigenvalue weighted by atomic mass is 9.96. The van der Waals surface area contributed by atoms with Crippen LogP contribution in [0, 0.1) is 5.82 Å². The number of carbonyl (C=O) groups excluding carboxylic acids is 1. The molecule has 200 valence electrons. The Morgan fingerprint density at radius 2 is 1.69 bits per heavy atom. The van der Waals surface area contributed by atoms with Crippen molar-refractivity contribution in [3.05, 3.63) is 119 Å². The van der Waals surface area contributed by atoms with Gasteiger partial charge in [0.2, 0.25) is 5.91 Å². The van der Waals surface area contributed by atoms with Crippen LogP contribution in [0.1, 0.15) is 48.1 Å². The molecule has 39 heavy (non-hydrogen) atoms. The van der Waals surface area contributed by atoms with Crippen LogP contribution in [0.3, 0.4) is 0 Å². The van der Waals surface area contributed by atoms with Crippen molar-refractivity contribution in [1.82, 2.24) is 25.1 Å². The predicted molar refractivity (Wildman–Crippen MR) is 151 cm³/mol. The molecule has 0 aliphatic heterocycles. The van der Waals surface area contributed by atoms with Gasteiger partial charge in [0.25, 0.3) is 0 Å². The third-order valence-electron chi connectivity index (χ3n) is 6.95. The van der Waals surface area contributed by atoms with Gasteiger partial charge in [-0.2, -0.15) is 0 Å². The number of halogens is 1. The van der Waals surface area contributed by atoms with Crippen LogP contribution in [0.25, 0.3) is 10.9 Å². The van der Waals surface area contributed by atoms with Crippen molar-refractivity contribution >= 4 is 16.8 Å². The minimum Gasteiger partial charge on any atom is -0.361 e. The van der Waals surface area contributed by atoms with Crippen molar-refractivity contribution in [2.75, 3.05) is 6.54 Å². The van der Waals surface area contributed by atoms with E-state index in [0.29, 0.717) is 19.5 Å². The molecular formula is C31H33FN6O. The van der Waals surface area contributed by atoms with E-state index in [4.69, 9.17) is 5.73 Å². The van der Waals surface area contributed by atoms with Crippen LogP contribution in [0.5, 0.6) is 0 Å². The van der Waals surface area contributed by atoms with Gasteiger partial charge in [0.1, 0.15) is 17.5 Å². The van der Waals surface area contributed by atoms with E-state index in [-0.39, 0.29) is 17.6 Å². The molecule has 3 aromatic carbocycles. The van der Waals surface area contributed by atoms with Gasteiger partial charge >= 0.3 is 0 Å². The lowest BCUT2D eigenvalue weighted by molar-refractivity contribution is -0.125. The standard InChI is InChI=1S/C31H33FN6O/c1-31(2,33)30(39)35-19-26(25-18-34-27-11-7-6-10-24(25)27)29-37-36-28(17-14-21-8-4-3-5-9-21)38(29)20-22-12-15-23(32)16-13-22/h3-13,15-16,18,26,34H,14,17,19-20,33H2,1-2H3,(H,35,39). The Morgan fingerprint density at radius 1 is 0.974 bits per heavy atom. The predicted octanol–water partition coefficient (Wildman–Crippen LogP) is 4.72. The maximum absolute atomic E-state index is 13.7. The Labute approximate surface area is 227 Å². The highest BCUT2D eigenvalue weighted by Crippen LogP contribution is 2.31. The molecule has 1 unspecified atom stereocenters. The fourth-order valence-corrected chi connectivity index (χ4v) is 4.78. The molecule has 0 spiro atoms. The number of aromatic amines is 1. The second-order valence-electron chi connectivity index (χ2n) is 10.4. The van der Waals surface area contributed by atoms with Crippen LogP contribution >= 0.6 is 0 Å². The summed E-state index contributed by atoms with van der Waals surface area (Å²) in [5.41, 5.74) is 9.20. The Kier molecular flexibility index (Phi) is 7.56. The average molecular weight is 525 g/mol. The van der Waals surface area contributed by atoms with Gasteiger partial charge in [-0.25, -0.2) is 4.39 Å². The number of hydrogen-bond acceptors (Lipinski definition) is 4. The van der Waals surface area contributed by atoms with E-state index in [1.807, 2.05) is 42.6 Å². The number of hydrogen-bond donors (Lipinski definition) is 3. The number of fused-ring (bicyclic) bond motifs is 1. The maximum atomic E-state index is 13.7. The molecular weight excluding hydrogens is 491 g/mol. The number of carbonyl (C=O) groups is 1. The Morgan fingerprint density at radius 3 is 2.44 bits per heavy atom. The summed E-state index contributed by atoms with van der Waals surface area (Å²) in [5, 5.41) is 13.4. The van der Waals surface area contributed by atoms with Gasteiger partial charge in [0.15, 0.2) is 0 Å². The monoisotopic (exact) mass is 524 g/mol. The first kappa shape index (κ1) is 26.3. The quantitative estimate of drug-likeness (QED) is 0.246. The van der Waals surface area contributed by atoms with Gasteiger partial charge in [0.05, 0.1) is 18.0 Å². The molecule has 2 aromatic heterocycles. The first-order chi connectivity index (χ1) is 18.8. The molecule has 1 atom stereocenters. The summed E-state index contributed by atoms with van der Waals surface area (Å²) < 4.78 is 15.8. The van der Waals surface area contributed by atoms with Crippen LogP contribution in [0.4, 0.5) is 4.39 Å². The van der Waals surface area contributed by atoms with E-state index < -0.39 is 5.54 Å². The minimum atomic E-state index is -1.02. The Hall–Kier alpha value is -4.30. The normalized spacial score (nSPS) is 12.5. The number of benzene rings is 3. The highest BCUT2D eigenvalue weighted by Gasteiger charge is 2.28. The summed E-state index contributed by atoms with van der Waals surface area (Å²) in [7, 11) is 0. The van der Waals surface area contributed by atoms with Crippen molar-refractivity contribution in [1.29, 1.82) is 0 Å². The van der Waals surface area contributed by atoms with Crippen LogP contribution in [0.15, 0.2) is 85.1 Å². The fraction of sp³-hybridized carbons (Fsp3) is 0.258. The van der Waals surface area contributed by atoms with Crippen LogP contribution in [0.2, 0.25) is 0 Å². The van der Waals surface area contributed by atoms with Gasteiger partial charge in [-0.05, 0) is 55.2 Å². The number of aromatic nitrogens is 4. The van der Waals surface area contributed by atoms with E-state index >= 15 is 0 Å². The van der Waals surface area contributed by atoms with E-state index in [0.717, 1.165) is 40.1 Å². The lowest BCUT2D eigenvalue weighted by Crippen LogP contribution is -2.50. The molecule has 0 bridgehead atoms. The third kappa shape index (κ3) is 6.07. The summed E-state index contributed by atoms with van der Waals surface area (Å²) in [6, 6.07) is 24.8. The number of rotatable bonds is 10. The van der Waals surface area contributed by atoms with Gasteiger partial charge in [-0.1, -0.05) is 60.7 Å². The molecule has 0 aliphatic carbocycles. The summed E-state index contributed by atoms with van der Waals surface area (Å²) in [6.45, 7) is 4.13. The van der Waals surface area contributed by atoms with Crippen LogP contribution in [-0.4, -0.2) is 37.7 Å². The maximum Gasteiger partial charge on any atom is 0.239 e. The van der Waals surface area contributed by atoms with Gasteiger partial charge in [-0.15, -0.1) is 10.2 Å². The zero-order valence-electron chi connectivity index (χ0n) is 22.2. The highest BCUT2D eigenvalue weighted by atomic mass is 19.1. The van der Waals surface area contributed by atoms with Crippen molar-refractivity contribution in [3.8, 4) is 0 Å². The molecule has 7 nitrogen and oxygen atoms in total. The number of amides is 1. The molecule has 5 aromatic rings. The van der Waals surface area contributed by atoms with Crippen molar-refractivity contribution in [2.45, 2.75) is 44.7 Å². The summed E-state index contributed by atoms with van der Waals surface area (Å²) >= 11 is 0. The largest absolute Gasteiger partial charge is 0.361 e. The fourth-order valence-electron chi connectivity index (χ4n) is 4.78. The van der Waals surface area contributed by atoms with Crippen LogP contribution < -0.4 is 11.1 Å². The Balaban J connectivity index is 1.56. The number of nitrogens with two attached hydrogens (primary N) is 1. The summed E-state index contributed by atoms with van der Waals surface area (Å²) in [5.74, 6) is 0.721. The van der Waals surface area contributed by atoms with E-state index in [9.17, 15) is 9.18 Å². The third-order valence-corrected chi connectivity index (χ3v) is 6.95. The number of nitrogens with one attached hydrogen (secondary N) is 2. The van der Waals surface area contributed by atoms with E-state index in [2.05, 4.69) is 43.3 Å². The zero-order chi connectivity index (χ0) is 27.4. The highest BCUT2D eigenvalue weighted by molar-refractivity contribution is 5.86. The second kappa shape index (κ2) is 11.2. The number of H-pyrrole nitrogens is 1. The SMILES string of the molecule is CC(C)(N)C(=O)NCC(c1c[nH]c2ccccc12)c1nnc(CCc2ccccc2)n1Cc1ccc(F)cc1. The number of aryl methyl sites for hydroxylation is 2. The summed E-state index contributed by atoms with van der Waals surface area (Å²) in [6.07, 6.45) is 3.45. The Bertz CT molecular complexity index is 1550. The van der Waals surface area contributed by atoms with Gasteiger partial charge in [-0.3, -0.25) is 4.79 Å². The van der Waals surface area contributed by atoms with Crippen molar-refractivity contribution < 1.29 is 9.18 Å². The molecule has 0 aliphatic rings.